The van der Waals surface area contributed by atoms with Crippen LogP contribution in [0.4, 0.5) is 28.4 Å². The summed E-state index contributed by atoms with van der Waals surface area (Å²) in [7, 11) is 0. The highest BCUT2D eigenvalue weighted by Gasteiger charge is 2.21. The minimum absolute atomic E-state index is 0.0205. The van der Waals surface area contributed by atoms with E-state index in [1.54, 1.807) is 12.3 Å². The van der Waals surface area contributed by atoms with Gasteiger partial charge in [-0.05, 0) is 37.3 Å². The predicted molar refractivity (Wildman–Crippen MR) is 143 cm³/mol. The third kappa shape index (κ3) is 5.37. The number of aliphatic hydroxyl groups is 1. The number of fused-ring (bicyclic) bond motifs is 1. The molecule has 0 aliphatic carbocycles. The molecule has 0 spiro atoms. The maximum Gasteiger partial charge on any atom is 0.263 e. The third-order valence-corrected chi connectivity index (χ3v) is 6.68. The zero-order chi connectivity index (χ0) is 25.8. The number of carbonyl (C=O) groups excluding carboxylic acids is 1. The summed E-state index contributed by atoms with van der Waals surface area (Å²) in [5.41, 5.74) is 3.85. The van der Waals surface area contributed by atoms with Crippen LogP contribution >= 0.6 is 0 Å². The van der Waals surface area contributed by atoms with Gasteiger partial charge in [0.1, 0.15) is 17.9 Å². The molecule has 5 N–H and O–H groups in total. The van der Waals surface area contributed by atoms with Gasteiger partial charge in [0, 0.05) is 62.4 Å². The molecule has 0 unspecified atom stereocenters. The summed E-state index contributed by atoms with van der Waals surface area (Å²) in [6.45, 7) is 7.56. The molecule has 11 heteroatoms. The van der Waals surface area contributed by atoms with E-state index in [0.29, 0.717) is 42.6 Å². The van der Waals surface area contributed by atoms with E-state index in [1.807, 2.05) is 31.2 Å². The van der Waals surface area contributed by atoms with Gasteiger partial charge in [0.25, 0.3) is 11.5 Å². The van der Waals surface area contributed by atoms with Crippen molar-refractivity contribution in [2.24, 2.45) is 0 Å². The summed E-state index contributed by atoms with van der Waals surface area (Å²) in [6, 6.07) is 9.24. The Hall–Kier alpha value is -4.09. The molecule has 194 valence electrons. The molecule has 0 bridgehead atoms. The van der Waals surface area contributed by atoms with Crippen LogP contribution in [0.5, 0.6) is 5.88 Å². The highest BCUT2D eigenvalue weighted by Crippen LogP contribution is 2.34. The van der Waals surface area contributed by atoms with E-state index in [2.05, 4.69) is 35.7 Å². The van der Waals surface area contributed by atoms with Crippen LogP contribution in [0.25, 0.3) is 0 Å². The largest absolute Gasteiger partial charge is 0.474 e. The lowest BCUT2D eigenvalue weighted by Crippen LogP contribution is -2.47. The number of hydrogen-bond donors (Lipinski definition) is 5. The van der Waals surface area contributed by atoms with Crippen molar-refractivity contribution in [3.8, 4) is 5.88 Å². The van der Waals surface area contributed by atoms with Crippen molar-refractivity contribution in [1.82, 2.24) is 14.9 Å². The second-order valence-corrected chi connectivity index (χ2v) is 9.03. The second-order valence-electron chi connectivity index (χ2n) is 9.03. The minimum Gasteiger partial charge on any atom is -0.474 e. The van der Waals surface area contributed by atoms with Crippen molar-refractivity contribution in [3.63, 3.8) is 0 Å². The number of carbonyl (C=O) groups is 1. The average Bonchev–Trinajstić information content (AvgIpc) is 2.91. The van der Waals surface area contributed by atoms with Gasteiger partial charge in [-0.1, -0.05) is 0 Å². The number of amides is 1. The van der Waals surface area contributed by atoms with Gasteiger partial charge in [-0.25, -0.2) is 4.98 Å². The van der Waals surface area contributed by atoms with Gasteiger partial charge in [0.15, 0.2) is 0 Å². The number of β-amino-alcohol motifs (C(OH)–C–C–N with tert-alkyl or cyclic N) is 1. The van der Waals surface area contributed by atoms with Crippen LogP contribution in [0.3, 0.4) is 0 Å². The van der Waals surface area contributed by atoms with E-state index in [1.165, 1.54) is 6.20 Å². The van der Waals surface area contributed by atoms with Gasteiger partial charge >= 0.3 is 0 Å². The predicted octanol–water partition coefficient (Wildman–Crippen LogP) is 1.99. The van der Waals surface area contributed by atoms with Crippen LogP contribution in [0.15, 0.2) is 47.5 Å². The maximum atomic E-state index is 13.2. The molecule has 1 aromatic carbocycles. The van der Waals surface area contributed by atoms with Crippen LogP contribution in [-0.4, -0.2) is 78.4 Å². The van der Waals surface area contributed by atoms with E-state index in [4.69, 9.17) is 9.84 Å². The van der Waals surface area contributed by atoms with E-state index < -0.39 is 11.5 Å². The number of ether oxygens (including phenoxy) is 1. The van der Waals surface area contributed by atoms with E-state index >= 15 is 0 Å². The molecule has 0 saturated carbocycles. The maximum absolute atomic E-state index is 13.2. The number of piperazine rings is 1. The molecule has 2 aromatic heterocycles. The Morgan fingerprint density at radius 2 is 1.92 bits per heavy atom. The van der Waals surface area contributed by atoms with Crippen molar-refractivity contribution in [2.75, 3.05) is 73.3 Å². The highest BCUT2D eigenvalue weighted by molar-refractivity contribution is 6.08. The monoisotopic (exact) mass is 505 g/mol. The van der Waals surface area contributed by atoms with Gasteiger partial charge in [0.2, 0.25) is 5.88 Å². The Bertz CT molecular complexity index is 1320. The van der Waals surface area contributed by atoms with Crippen molar-refractivity contribution in [1.29, 1.82) is 0 Å². The molecule has 2 aliphatic heterocycles. The molecule has 5 rings (SSSR count). The fraction of sp³-hybridized carbons (Fsp3) is 0.346. The van der Waals surface area contributed by atoms with Crippen LogP contribution < -0.4 is 31.1 Å². The van der Waals surface area contributed by atoms with Crippen LogP contribution in [0.2, 0.25) is 0 Å². The smallest absolute Gasteiger partial charge is 0.263 e. The number of aromatic amines is 1. The molecule has 0 radical (unpaired) electrons. The van der Waals surface area contributed by atoms with E-state index in [-0.39, 0.29) is 12.2 Å². The number of aromatic nitrogens is 2. The summed E-state index contributed by atoms with van der Waals surface area (Å²) in [4.78, 5) is 37.3. The molecule has 11 nitrogen and oxygen atoms in total. The molecule has 4 heterocycles. The first-order valence-corrected chi connectivity index (χ1v) is 12.4. The number of nitrogens with zero attached hydrogens (tertiary/aromatic N) is 3. The Labute approximate surface area is 214 Å². The summed E-state index contributed by atoms with van der Waals surface area (Å²) >= 11 is 0. The summed E-state index contributed by atoms with van der Waals surface area (Å²) < 4.78 is 5.58. The molecule has 3 aromatic rings. The molecule has 1 amide bonds. The summed E-state index contributed by atoms with van der Waals surface area (Å²) in [5.74, 6) is 0.0217. The Morgan fingerprint density at radius 3 is 2.68 bits per heavy atom. The van der Waals surface area contributed by atoms with Crippen molar-refractivity contribution < 1.29 is 14.6 Å². The molecule has 1 saturated heterocycles. The normalized spacial score (nSPS) is 15.4. The minimum atomic E-state index is -0.514. The van der Waals surface area contributed by atoms with Gasteiger partial charge in [-0.3, -0.25) is 14.5 Å². The summed E-state index contributed by atoms with van der Waals surface area (Å²) in [5, 5.41) is 18.4. The number of rotatable bonds is 7. The number of nitrogens with one attached hydrogen (secondary N) is 4. The fourth-order valence-corrected chi connectivity index (χ4v) is 4.62. The molecule has 2 aliphatic rings. The van der Waals surface area contributed by atoms with Gasteiger partial charge in [-0.2, -0.15) is 0 Å². The van der Waals surface area contributed by atoms with Crippen LogP contribution in [0.1, 0.15) is 15.9 Å². The zero-order valence-electron chi connectivity index (χ0n) is 20.7. The van der Waals surface area contributed by atoms with Crippen LogP contribution in [-0.2, 0) is 0 Å². The SMILES string of the molecule is Cc1c(Nc2cc[nH]c(=O)c2C(=O)Nc2ccc(N3CCN(CCO)CC3)cc2)cnc2c1NCCO2. The average molecular weight is 506 g/mol. The van der Waals surface area contributed by atoms with Crippen molar-refractivity contribution >= 4 is 34.3 Å². The number of benzene rings is 1. The lowest BCUT2D eigenvalue weighted by Gasteiger charge is -2.35. The first kappa shape index (κ1) is 24.6. The topological polar surface area (TPSA) is 135 Å². The standard InChI is InChI=1S/C26H31N7O4/c1-17-21(16-29-26-23(17)27-8-15-37-26)31-20-6-7-28-24(35)22(20)25(36)30-18-2-4-19(5-3-18)33-11-9-32(10-12-33)13-14-34/h2-7,16,27,34H,8-15H2,1H3,(H,30,36)(H2,28,31,35). The number of hydrogen-bond acceptors (Lipinski definition) is 9. The quantitative estimate of drug-likeness (QED) is 0.327. The Morgan fingerprint density at radius 1 is 1.14 bits per heavy atom. The lowest BCUT2D eigenvalue weighted by atomic mass is 10.1. The molecular formula is C26H31N7O4. The van der Waals surface area contributed by atoms with E-state index in [0.717, 1.165) is 43.1 Å². The second kappa shape index (κ2) is 10.9. The van der Waals surface area contributed by atoms with E-state index in [9.17, 15) is 9.59 Å². The molecular weight excluding hydrogens is 474 g/mol. The molecule has 1 fully saturated rings. The number of anilines is 5. The number of H-pyrrole nitrogens is 1. The Balaban J connectivity index is 1.30. The van der Waals surface area contributed by atoms with Crippen molar-refractivity contribution in [2.45, 2.75) is 6.92 Å². The fourth-order valence-electron chi connectivity index (χ4n) is 4.62. The molecule has 37 heavy (non-hydrogen) atoms. The number of aliphatic hydroxyl groups excluding tert-OH is 1. The first-order valence-electron chi connectivity index (χ1n) is 12.4. The third-order valence-electron chi connectivity index (χ3n) is 6.68. The first-order chi connectivity index (χ1) is 18.0. The van der Waals surface area contributed by atoms with Gasteiger partial charge in [0.05, 0.1) is 24.2 Å². The lowest BCUT2D eigenvalue weighted by molar-refractivity contribution is 0.102. The zero-order valence-corrected chi connectivity index (χ0v) is 20.7. The van der Waals surface area contributed by atoms with Gasteiger partial charge in [-0.15, -0.1) is 0 Å². The Kier molecular flexibility index (Phi) is 7.24. The molecule has 0 atom stereocenters. The number of pyridine rings is 2. The highest BCUT2D eigenvalue weighted by atomic mass is 16.5. The van der Waals surface area contributed by atoms with Gasteiger partial charge < -0.3 is 35.7 Å². The van der Waals surface area contributed by atoms with Crippen molar-refractivity contribution in [3.05, 3.63) is 64.2 Å². The van der Waals surface area contributed by atoms with Crippen LogP contribution in [0, 0.1) is 6.92 Å². The summed E-state index contributed by atoms with van der Waals surface area (Å²) in [6.07, 6.45) is 3.13.